The first-order valence-electron chi connectivity index (χ1n) is 9.11. The molecule has 0 heterocycles. The van der Waals surface area contributed by atoms with E-state index in [4.69, 9.17) is 18.9 Å². The SMILES string of the molecule is COP(=O)(O)OCC(CO)CCCCNC(=O)COCCOCCNC(C)=O. The van der Waals surface area contributed by atoms with Crippen molar-refractivity contribution in [3.8, 4) is 0 Å². The summed E-state index contributed by atoms with van der Waals surface area (Å²) in [6, 6.07) is 0. The number of ether oxygens (including phenoxy) is 2. The van der Waals surface area contributed by atoms with Crippen molar-refractivity contribution in [3.05, 3.63) is 0 Å². The summed E-state index contributed by atoms with van der Waals surface area (Å²) in [4.78, 5) is 31.4. The van der Waals surface area contributed by atoms with Gasteiger partial charge in [-0.2, -0.15) is 0 Å². The molecule has 0 rings (SSSR count). The van der Waals surface area contributed by atoms with Gasteiger partial charge in [0, 0.05) is 39.6 Å². The molecule has 0 aliphatic carbocycles. The fourth-order valence-corrected chi connectivity index (χ4v) is 2.51. The van der Waals surface area contributed by atoms with Crippen LogP contribution in [0.4, 0.5) is 0 Å². The van der Waals surface area contributed by atoms with Crippen molar-refractivity contribution in [3.63, 3.8) is 0 Å². The molecule has 0 aliphatic rings. The molecule has 2 unspecified atom stereocenters. The molecule has 0 aromatic heterocycles. The maximum atomic E-state index is 11.6. The summed E-state index contributed by atoms with van der Waals surface area (Å²) < 4.78 is 30.6. The molecular formula is C16H33N2O9P. The molecule has 28 heavy (non-hydrogen) atoms. The van der Waals surface area contributed by atoms with Gasteiger partial charge in [-0.3, -0.25) is 18.6 Å². The van der Waals surface area contributed by atoms with E-state index in [-0.39, 0.29) is 44.2 Å². The van der Waals surface area contributed by atoms with Gasteiger partial charge < -0.3 is 30.1 Å². The number of rotatable bonds is 18. The highest BCUT2D eigenvalue weighted by atomic mass is 31.2. The number of hydrogen-bond donors (Lipinski definition) is 4. The average molecular weight is 428 g/mol. The predicted molar refractivity (Wildman–Crippen MR) is 101 cm³/mol. The number of phosphoric acid groups is 1. The van der Waals surface area contributed by atoms with Crippen LogP contribution < -0.4 is 10.6 Å². The maximum absolute atomic E-state index is 11.6. The molecule has 12 heteroatoms. The van der Waals surface area contributed by atoms with Gasteiger partial charge in [-0.05, 0) is 12.8 Å². The third kappa shape index (κ3) is 17.1. The first-order valence-corrected chi connectivity index (χ1v) is 10.6. The summed E-state index contributed by atoms with van der Waals surface area (Å²) in [6.45, 7) is 3.02. The minimum atomic E-state index is -4.03. The molecule has 0 aliphatic heterocycles. The Kier molecular flexibility index (Phi) is 16.2. The average Bonchev–Trinajstić information content (AvgIpc) is 2.65. The molecule has 2 atom stereocenters. The topological polar surface area (TPSA) is 153 Å². The summed E-state index contributed by atoms with van der Waals surface area (Å²) in [6.07, 6.45) is 1.98. The maximum Gasteiger partial charge on any atom is 0.471 e. The van der Waals surface area contributed by atoms with E-state index >= 15 is 0 Å². The smallest absolute Gasteiger partial charge is 0.396 e. The van der Waals surface area contributed by atoms with Crippen molar-refractivity contribution in [2.24, 2.45) is 5.92 Å². The van der Waals surface area contributed by atoms with Crippen LogP contribution in [0, 0.1) is 5.92 Å². The van der Waals surface area contributed by atoms with Crippen LogP contribution in [0.15, 0.2) is 0 Å². The van der Waals surface area contributed by atoms with Gasteiger partial charge in [0.05, 0.1) is 26.4 Å². The fourth-order valence-electron chi connectivity index (χ4n) is 2.00. The van der Waals surface area contributed by atoms with Crippen LogP contribution in [0.1, 0.15) is 26.2 Å². The van der Waals surface area contributed by atoms with Gasteiger partial charge in [-0.1, -0.05) is 6.42 Å². The second-order valence-electron chi connectivity index (χ2n) is 5.99. The van der Waals surface area contributed by atoms with E-state index in [0.717, 1.165) is 7.11 Å². The monoisotopic (exact) mass is 428 g/mol. The zero-order chi connectivity index (χ0) is 21.3. The normalized spacial score (nSPS) is 14.3. The highest BCUT2D eigenvalue weighted by Gasteiger charge is 2.20. The molecule has 0 radical (unpaired) electrons. The van der Waals surface area contributed by atoms with Gasteiger partial charge in [0.2, 0.25) is 11.8 Å². The standard InChI is InChI=1S/C16H33N2O9P/c1-14(20)17-7-8-25-9-10-26-13-16(21)18-6-4-3-5-15(11-19)12-27-28(22,23)24-2/h15,19H,3-13H2,1-2H3,(H,17,20)(H,18,21)(H,22,23). The Morgan fingerprint density at radius 1 is 1.07 bits per heavy atom. The molecule has 0 saturated carbocycles. The van der Waals surface area contributed by atoms with Crippen LogP contribution in [0.5, 0.6) is 0 Å². The van der Waals surface area contributed by atoms with Crippen molar-refractivity contribution >= 4 is 19.6 Å². The number of amides is 2. The lowest BCUT2D eigenvalue weighted by molar-refractivity contribution is -0.126. The second-order valence-corrected chi connectivity index (χ2v) is 7.55. The summed E-state index contributed by atoms with van der Waals surface area (Å²) in [5.74, 6) is -0.624. The molecule has 11 nitrogen and oxygen atoms in total. The van der Waals surface area contributed by atoms with Crippen molar-refractivity contribution in [2.45, 2.75) is 26.2 Å². The van der Waals surface area contributed by atoms with Crippen molar-refractivity contribution < 1.29 is 42.7 Å². The molecule has 0 fully saturated rings. The Labute approximate surface area is 165 Å². The third-order valence-corrected chi connectivity index (χ3v) is 4.49. The first-order chi connectivity index (χ1) is 13.3. The molecule has 0 spiro atoms. The quantitative estimate of drug-likeness (QED) is 0.172. The van der Waals surface area contributed by atoms with E-state index < -0.39 is 7.82 Å². The number of hydrogen-bond acceptors (Lipinski definition) is 8. The minimum absolute atomic E-state index is 0.0645. The van der Waals surface area contributed by atoms with Gasteiger partial charge in [0.1, 0.15) is 6.61 Å². The van der Waals surface area contributed by atoms with E-state index in [1.807, 2.05) is 0 Å². The van der Waals surface area contributed by atoms with Crippen LogP contribution in [0.2, 0.25) is 0 Å². The zero-order valence-electron chi connectivity index (χ0n) is 16.6. The number of carbonyl (C=O) groups excluding carboxylic acids is 2. The summed E-state index contributed by atoms with van der Waals surface area (Å²) >= 11 is 0. The number of aliphatic hydroxyl groups is 1. The lowest BCUT2D eigenvalue weighted by Gasteiger charge is -2.16. The van der Waals surface area contributed by atoms with Crippen LogP contribution in [-0.4, -0.2) is 81.7 Å². The number of unbranched alkanes of at least 4 members (excludes halogenated alkanes) is 1. The Morgan fingerprint density at radius 2 is 1.79 bits per heavy atom. The Hall–Kier alpha value is -1.07. The predicted octanol–water partition coefficient (Wildman–Crippen LogP) is -0.186. The van der Waals surface area contributed by atoms with E-state index in [2.05, 4.69) is 15.2 Å². The number of nitrogens with one attached hydrogen (secondary N) is 2. The van der Waals surface area contributed by atoms with Crippen LogP contribution in [0.25, 0.3) is 0 Å². The fraction of sp³-hybridized carbons (Fsp3) is 0.875. The summed E-state index contributed by atoms with van der Waals surface area (Å²) in [7, 11) is -2.96. The van der Waals surface area contributed by atoms with Gasteiger partial charge >= 0.3 is 7.82 Å². The number of phosphoric ester groups is 1. The molecule has 0 bridgehead atoms. The minimum Gasteiger partial charge on any atom is -0.396 e. The highest BCUT2D eigenvalue weighted by Crippen LogP contribution is 2.42. The highest BCUT2D eigenvalue weighted by molar-refractivity contribution is 7.47. The molecule has 4 N–H and O–H groups in total. The summed E-state index contributed by atoms with van der Waals surface area (Å²) in [5.41, 5.74) is 0. The van der Waals surface area contributed by atoms with Gasteiger partial charge in [-0.15, -0.1) is 0 Å². The van der Waals surface area contributed by atoms with E-state index in [9.17, 15) is 19.3 Å². The van der Waals surface area contributed by atoms with Gasteiger partial charge in [-0.25, -0.2) is 4.57 Å². The van der Waals surface area contributed by atoms with Gasteiger partial charge in [0.15, 0.2) is 0 Å². The zero-order valence-corrected chi connectivity index (χ0v) is 17.4. The Morgan fingerprint density at radius 3 is 2.43 bits per heavy atom. The number of aliphatic hydroxyl groups excluding tert-OH is 1. The lowest BCUT2D eigenvalue weighted by atomic mass is 10.0. The lowest BCUT2D eigenvalue weighted by Crippen LogP contribution is -2.29. The van der Waals surface area contributed by atoms with Crippen molar-refractivity contribution in [2.75, 3.05) is 59.8 Å². The van der Waals surface area contributed by atoms with E-state index in [1.54, 1.807) is 0 Å². The molecule has 166 valence electrons. The molecule has 0 aromatic carbocycles. The molecular weight excluding hydrogens is 395 g/mol. The largest absolute Gasteiger partial charge is 0.471 e. The van der Waals surface area contributed by atoms with Crippen LogP contribution in [0.3, 0.4) is 0 Å². The summed E-state index contributed by atoms with van der Waals surface area (Å²) in [5, 5.41) is 14.6. The third-order valence-electron chi connectivity index (χ3n) is 3.55. The molecule has 2 amide bonds. The van der Waals surface area contributed by atoms with E-state index in [0.29, 0.717) is 45.6 Å². The Balaban J connectivity index is 3.55. The Bertz CT molecular complexity index is 479. The second kappa shape index (κ2) is 16.8. The number of carbonyl (C=O) groups is 2. The van der Waals surface area contributed by atoms with Crippen LogP contribution >= 0.6 is 7.82 Å². The molecule has 0 saturated heterocycles. The van der Waals surface area contributed by atoms with E-state index in [1.165, 1.54) is 6.92 Å². The molecule has 0 aromatic rings. The van der Waals surface area contributed by atoms with Gasteiger partial charge in [0.25, 0.3) is 0 Å². The van der Waals surface area contributed by atoms with Crippen molar-refractivity contribution in [1.82, 2.24) is 10.6 Å². The van der Waals surface area contributed by atoms with Crippen LogP contribution in [-0.2, 0) is 32.7 Å². The first kappa shape index (κ1) is 26.9. The van der Waals surface area contributed by atoms with Crippen molar-refractivity contribution in [1.29, 1.82) is 0 Å².